The number of hydrogen-bond acceptors (Lipinski definition) is 2. The SMILES string of the molecule is [CH2]C(=O)NCC(C)C(=O)O. The molecule has 0 aromatic heterocycles. The first-order valence-electron chi connectivity index (χ1n) is 2.86. The van der Waals surface area contributed by atoms with Crippen LogP contribution < -0.4 is 5.32 Å². The second-order valence-corrected chi connectivity index (χ2v) is 2.04. The molecule has 10 heavy (non-hydrogen) atoms. The molecule has 0 aliphatic rings. The van der Waals surface area contributed by atoms with E-state index in [2.05, 4.69) is 12.2 Å². The van der Waals surface area contributed by atoms with E-state index in [1.165, 1.54) is 6.92 Å². The number of carboxylic acids is 1. The normalized spacial score (nSPS) is 12.2. The van der Waals surface area contributed by atoms with Crippen molar-refractivity contribution in [2.75, 3.05) is 6.54 Å². The Labute approximate surface area is 59.2 Å². The minimum atomic E-state index is -0.922. The largest absolute Gasteiger partial charge is 0.481 e. The molecule has 1 unspecified atom stereocenters. The Morgan fingerprint density at radius 2 is 2.20 bits per heavy atom. The smallest absolute Gasteiger partial charge is 0.308 e. The first kappa shape index (κ1) is 8.94. The van der Waals surface area contributed by atoms with Gasteiger partial charge in [-0.15, -0.1) is 0 Å². The van der Waals surface area contributed by atoms with Gasteiger partial charge in [0.1, 0.15) is 0 Å². The van der Waals surface area contributed by atoms with Gasteiger partial charge in [-0.2, -0.15) is 0 Å². The van der Waals surface area contributed by atoms with Crippen molar-refractivity contribution in [1.29, 1.82) is 0 Å². The maximum atomic E-state index is 10.2. The number of carboxylic acid groups (broad SMARTS) is 1. The van der Waals surface area contributed by atoms with E-state index in [-0.39, 0.29) is 6.54 Å². The highest BCUT2D eigenvalue weighted by molar-refractivity contribution is 5.80. The van der Waals surface area contributed by atoms with Crippen LogP contribution in [-0.2, 0) is 9.59 Å². The molecule has 0 saturated carbocycles. The summed E-state index contributed by atoms with van der Waals surface area (Å²) < 4.78 is 0. The molecule has 0 aromatic carbocycles. The van der Waals surface area contributed by atoms with Gasteiger partial charge in [-0.1, -0.05) is 6.92 Å². The Kier molecular flexibility index (Phi) is 3.46. The minimum Gasteiger partial charge on any atom is -0.481 e. The standard InChI is InChI=1S/C6H10NO3/c1-4(6(9)10)3-7-5(2)8/h4H,2-3H2,1H3,(H,7,8)(H,9,10). The third-order valence-corrected chi connectivity index (χ3v) is 1.03. The van der Waals surface area contributed by atoms with Crippen molar-refractivity contribution in [3.63, 3.8) is 0 Å². The maximum absolute atomic E-state index is 10.2. The summed E-state index contributed by atoms with van der Waals surface area (Å²) >= 11 is 0. The fraction of sp³-hybridized carbons (Fsp3) is 0.500. The van der Waals surface area contributed by atoms with E-state index >= 15 is 0 Å². The van der Waals surface area contributed by atoms with E-state index in [0.29, 0.717) is 0 Å². The molecule has 0 aliphatic carbocycles. The Morgan fingerprint density at radius 3 is 2.50 bits per heavy atom. The van der Waals surface area contributed by atoms with Gasteiger partial charge < -0.3 is 10.4 Å². The van der Waals surface area contributed by atoms with Crippen LogP contribution in [0, 0.1) is 12.8 Å². The zero-order chi connectivity index (χ0) is 8.15. The highest BCUT2D eigenvalue weighted by Gasteiger charge is 2.09. The molecule has 0 saturated heterocycles. The zero-order valence-electron chi connectivity index (χ0n) is 5.76. The van der Waals surface area contributed by atoms with Crippen molar-refractivity contribution >= 4 is 11.9 Å². The monoisotopic (exact) mass is 144 g/mol. The molecular formula is C6H10NO3. The molecule has 2 N–H and O–H groups in total. The number of rotatable bonds is 3. The van der Waals surface area contributed by atoms with Gasteiger partial charge in [0.2, 0.25) is 5.91 Å². The Balaban J connectivity index is 3.49. The van der Waals surface area contributed by atoms with Crippen LogP contribution in [0.15, 0.2) is 0 Å². The quantitative estimate of drug-likeness (QED) is 0.569. The van der Waals surface area contributed by atoms with Gasteiger partial charge in [-0.25, -0.2) is 0 Å². The van der Waals surface area contributed by atoms with Crippen LogP contribution in [0.3, 0.4) is 0 Å². The molecule has 0 rings (SSSR count). The van der Waals surface area contributed by atoms with Crippen molar-refractivity contribution in [2.45, 2.75) is 6.92 Å². The van der Waals surface area contributed by atoms with Crippen LogP contribution in [0.4, 0.5) is 0 Å². The molecule has 0 fully saturated rings. The van der Waals surface area contributed by atoms with E-state index in [1.54, 1.807) is 0 Å². The number of amides is 1. The van der Waals surface area contributed by atoms with E-state index in [4.69, 9.17) is 5.11 Å². The van der Waals surface area contributed by atoms with Crippen LogP contribution in [0.1, 0.15) is 6.92 Å². The van der Waals surface area contributed by atoms with Crippen molar-refractivity contribution in [3.05, 3.63) is 6.92 Å². The predicted octanol–water partition coefficient (Wildman–Crippen LogP) is -0.343. The van der Waals surface area contributed by atoms with Gasteiger partial charge in [0, 0.05) is 13.5 Å². The summed E-state index contributed by atoms with van der Waals surface area (Å²) in [7, 11) is 0. The number of aliphatic carboxylic acids is 1. The molecule has 0 aliphatic heterocycles. The predicted molar refractivity (Wildman–Crippen MR) is 35.2 cm³/mol. The summed E-state index contributed by atoms with van der Waals surface area (Å²) in [6.07, 6.45) is 0. The Bertz CT molecular complexity index is 144. The molecule has 0 spiro atoms. The number of nitrogens with one attached hydrogen (secondary N) is 1. The van der Waals surface area contributed by atoms with Crippen molar-refractivity contribution in [2.24, 2.45) is 5.92 Å². The fourth-order valence-electron chi connectivity index (χ4n) is 0.354. The average molecular weight is 144 g/mol. The van der Waals surface area contributed by atoms with Crippen molar-refractivity contribution in [3.8, 4) is 0 Å². The molecule has 1 atom stereocenters. The van der Waals surface area contributed by atoms with Crippen molar-refractivity contribution < 1.29 is 14.7 Å². The van der Waals surface area contributed by atoms with E-state index in [1.807, 2.05) is 0 Å². The van der Waals surface area contributed by atoms with Gasteiger partial charge in [-0.05, 0) is 0 Å². The highest BCUT2D eigenvalue weighted by atomic mass is 16.4. The van der Waals surface area contributed by atoms with E-state index in [9.17, 15) is 9.59 Å². The van der Waals surface area contributed by atoms with Gasteiger partial charge in [0.25, 0.3) is 0 Å². The van der Waals surface area contributed by atoms with Crippen LogP contribution in [0.25, 0.3) is 0 Å². The van der Waals surface area contributed by atoms with Crippen LogP contribution >= 0.6 is 0 Å². The Hall–Kier alpha value is -1.06. The van der Waals surface area contributed by atoms with Gasteiger partial charge in [0.05, 0.1) is 5.92 Å². The highest BCUT2D eigenvalue weighted by Crippen LogP contribution is 1.90. The van der Waals surface area contributed by atoms with Crippen LogP contribution in [0.2, 0.25) is 0 Å². The molecule has 1 radical (unpaired) electrons. The van der Waals surface area contributed by atoms with Gasteiger partial charge >= 0.3 is 5.97 Å². The molecular weight excluding hydrogens is 134 g/mol. The maximum Gasteiger partial charge on any atom is 0.308 e. The third kappa shape index (κ3) is 3.88. The third-order valence-electron chi connectivity index (χ3n) is 1.03. The Morgan fingerprint density at radius 1 is 1.70 bits per heavy atom. The zero-order valence-corrected chi connectivity index (χ0v) is 5.76. The van der Waals surface area contributed by atoms with E-state index in [0.717, 1.165) is 0 Å². The lowest BCUT2D eigenvalue weighted by atomic mass is 10.2. The summed E-state index contributed by atoms with van der Waals surface area (Å²) in [5.41, 5.74) is 0. The van der Waals surface area contributed by atoms with Gasteiger partial charge in [-0.3, -0.25) is 9.59 Å². The van der Waals surface area contributed by atoms with Crippen LogP contribution in [0.5, 0.6) is 0 Å². The fourth-order valence-corrected chi connectivity index (χ4v) is 0.354. The summed E-state index contributed by atoms with van der Waals surface area (Å²) in [5.74, 6) is -1.92. The summed E-state index contributed by atoms with van der Waals surface area (Å²) in [5, 5.41) is 10.6. The molecule has 0 bridgehead atoms. The lowest BCUT2D eigenvalue weighted by Gasteiger charge is -2.04. The number of hydrogen-bond donors (Lipinski definition) is 2. The second-order valence-electron chi connectivity index (χ2n) is 2.04. The summed E-state index contributed by atoms with van der Waals surface area (Å²) in [6, 6.07) is 0. The molecule has 0 aromatic rings. The average Bonchev–Trinajstić information content (AvgIpc) is 1.82. The topological polar surface area (TPSA) is 66.4 Å². The van der Waals surface area contributed by atoms with Crippen molar-refractivity contribution in [1.82, 2.24) is 5.32 Å². The number of carbonyl (C=O) groups excluding carboxylic acids is 1. The second kappa shape index (κ2) is 3.87. The summed E-state index contributed by atoms with van der Waals surface area (Å²) in [4.78, 5) is 20.3. The lowest BCUT2D eigenvalue weighted by Crippen LogP contribution is -2.29. The molecule has 1 amide bonds. The lowest BCUT2D eigenvalue weighted by molar-refractivity contribution is -0.141. The van der Waals surface area contributed by atoms with Crippen LogP contribution in [-0.4, -0.2) is 23.5 Å². The van der Waals surface area contributed by atoms with Gasteiger partial charge in [0.15, 0.2) is 0 Å². The summed E-state index contributed by atoms with van der Waals surface area (Å²) in [6.45, 7) is 4.68. The molecule has 57 valence electrons. The molecule has 4 heteroatoms. The molecule has 0 heterocycles. The minimum absolute atomic E-state index is 0.137. The molecule has 4 nitrogen and oxygen atoms in total. The van der Waals surface area contributed by atoms with E-state index < -0.39 is 17.8 Å². The first-order valence-corrected chi connectivity index (χ1v) is 2.86. The number of carbonyl (C=O) groups is 2. The first-order chi connectivity index (χ1) is 4.54.